The first-order valence-corrected chi connectivity index (χ1v) is 9.91. The highest BCUT2D eigenvalue weighted by Crippen LogP contribution is 2.13. The van der Waals surface area contributed by atoms with E-state index >= 15 is 0 Å². The summed E-state index contributed by atoms with van der Waals surface area (Å²) in [5.74, 6) is 0.362. The molecule has 27 heavy (non-hydrogen) atoms. The van der Waals surface area contributed by atoms with Crippen LogP contribution < -0.4 is 15.8 Å². The molecule has 0 saturated carbocycles. The van der Waals surface area contributed by atoms with Crippen molar-refractivity contribution in [3.8, 4) is 0 Å². The lowest BCUT2D eigenvalue weighted by Gasteiger charge is -2.08. The molecular formula is C17H18N6O2S2. The predicted molar refractivity (Wildman–Crippen MR) is 108 cm³/mol. The summed E-state index contributed by atoms with van der Waals surface area (Å²) < 4.78 is 24.2. The first-order valence-electron chi connectivity index (χ1n) is 7.95. The summed E-state index contributed by atoms with van der Waals surface area (Å²) in [4.78, 5) is 4.21. The number of nitrogens with zero attached hydrogens (tertiary/aromatic N) is 3. The van der Waals surface area contributed by atoms with Crippen LogP contribution in [0.1, 0.15) is 11.1 Å². The van der Waals surface area contributed by atoms with E-state index in [4.69, 9.17) is 17.4 Å². The van der Waals surface area contributed by atoms with Crippen molar-refractivity contribution in [2.24, 2.45) is 5.14 Å². The van der Waals surface area contributed by atoms with Gasteiger partial charge >= 0.3 is 0 Å². The molecule has 0 saturated heterocycles. The Morgan fingerprint density at radius 3 is 2.41 bits per heavy atom. The second kappa shape index (κ2) is 7.82. The van der Waals surface area contributed by atoms with Gasteiger partial charge in [0, 0.05) is 5.69 Å². The lowest BCUT2D eigenvalue weighted by atomic mass is 10.1. The molecule has 0 aliphatic carbocycles. The van der Waals surface area contributed by atoms with Gasteiger partial charge in [0.05, 0.1) is 11.4 Å². The molecule has 0 amide bonds. The van der Waals surface area contributed by atoms with E-state index in [1.54, 1.807) is 23.1 Å². The molecule has 0 aliphatic heterocycles. The zero-order valence-electron chi connectivity index (χ0n) is 14.5. The molecule has 0 aliphatic rings. The van der Waals surface area contributed by atoms with Crippen molar-refractivity contribution in [1.29, 1.82) is 0 Å². The van der Waals surface area contributed by atoms with Gasteiger partial charge in [-0.05, 0) is 49.0 Å². The van der Waals surface area contributed by atoms with Gasteiger partial charge in [-0.15, -0.1) is 5.10 Å². The molecule has 3 rings (SSSR count). The van der Waals surface area contributed by atoms with Crippen LogP contribution >= 0.6 is 12.2 Å². The molecule has 8 nitrogen and oxygen atoms in total. The highest BCUT2D eigenvalue weighted by Gasteiger charge is 2.08. The summed E-state index contributed by atoms with van der Waals surface area (Å²) >= 11 is 5.22. The molecule has 3 aromatic rings. The highest BCUT2D eigenvalue weighted by molar-refractivity contribution is 7.89. The van der Waals surface area contributed by atoms with E-state index in [1.165, 1.54) is 17.7 Å². The fourth-order valence-electron chi connectivity index (χ4n) is 2.30. The zero-order chi connectivity index (χ0) is 19.4. The van der Waals surface area contributed by atoms with Crippen molar-refractivity contribution in [2.45, 2.75) is 18.4 Å². The molecule has 2 aromatic carbocycles. The van der Waals surface area contributed by atoms with Crippen LogP contribution in [-0.4, -0.2) is 28.3 Å². The van der Waals surface area contributed by atoms with Crippen LogP contribution in [0, 0.1) is 6.92 Å². The fraction of sp³-hybridized carbons (Fsp3) is 0.118. The molecule has 0 unspecified atom stereocenters. The number of sulfonamides is 1. The Balaban J connectivity index is 1.58. The van der Waals surface area contributed by atoms with Crippen LogP contribution in [0.3, 0.4) is 0 Å². The lowest BCUT2D eigenvalue weighted by Crippen LogP contribution is -2.20. The third-order valence-corrected chi connectivity index (χ3v) is 4.80. The Bertz CT molecular complexity index is 1040. The Morgan fingerprint density at radius 1 is 1.11 bits per heavy atom. The molecule has 140 valence electrons. The number of nitrogens with one attached hydrogen (secondary N) is 2. The average molecular weight is 403 g/mol. The number of nitrogens with two attached hydrogens (primary N) is 1. The van der Waals surface area contributed by atoms with E-state index < -0.39 is 10.0 Å². The summed E-state index contributed by atoms with van der Waals surface area (Å²) in [5.41, 5.74) is 2.93. The van der Waals surface area contributed by atoms with Gasteiger partial charge in [-0.2, -0.15) is 0 Å². The number of anilines is 2. The van der Waals surface area contributed by atoms with Crippen molar-refractivity contribution in [3.63, 3.8) is 0 Å². The van der Waals surface area contributed by atoms with Crippen molar-refractivity contribution in [2.75, 3.05) is 10.6 Å². The van der Waals surface area contributed by atoms with Gasteiger partial charge in [0.25, 0.3) is 0 Å². The van der Waals surface area contributed by atoms with Gasteiger partial charge in [0.1, 0.15) is 6.33 Å². The smallest absolute Gasteiger partial charge is 0.248 e. The van der Waals surface area contributed by atoms with Gasteiger partial charge in [-0.25, -0.2) is 23.2 Å². The summed E-state index contributed by atoms with van der Waals surface area (Å²) in [6, 6.07) is 14.1. The molecule has 0 radical (unpaired) electrons. The lowest BCUT2D eigenvalue weighted by molar-refractivity contribution is 0.598. The highest BCUT2D eigenvalue weighted by atomic mass is 32.2. The van der Waals surface area contributed by atoms with Gasteiger partial charge in [-0.1, -0.05) is 29.8 Å². The first kappa shape index (κ1) is 19.0. The maximum absolute atomic E-state index is 11.3. The summed E-state index contributed by atoms with van der Waals surface area (Å²) in [5, 5.41) is 15.5. The van der Waals surface area contributed by atoms with Crippen molar-refractivity contribution in [3.05, 3.63) is 66.0 Å². The SMILES string of the molecule is Cc1ccc(Cn2cnc(NC(=S)Nc3ccc(S(N)(=O)=O)cc3)n2)cc1. The van der Waals surface area contributed by atoms with Crippen LogP contribution in [0.4, 0.5) is 11.6 Å². The van der Waals surface area contributed by atoms with Gasteiger partial charge in [0.2, 0.25) is 16.0 Å². The minimum absolute atomic E-state index is 0.0310. The minimum atomic E-state index is -3.72. The van der Waals surface area contributed by atoms with Crippen LogP contribution in [0.25, 0.3) is 0 Å². The molecule has 1 aromatic heterocycles. The van der Waals surface area contributed by atoms with Crippen LogP contribution in [-0.2, 0) is 16.6 Å². The number of primary sulfonamides is 1. The average Bonchev–Trinajstić information content (AvgIpc) is 3.03. The number of aromatic nitrogens is 3. The number of hydrogen-bond donors (Lipinski definition) is 3. The Kier molecular flexibility index (Phi) is 5.49. The van der Waals surface area contributed by atoms with Crippen LogP contribution in [0.2, 0.25) is 0 Å². The maximum atomic E-state index is 11.3. The number of rotatable bonds is 5. The predicted octanol–water partition coefficient (Wildman–Crippen LogP) is 2.09. The summed E-state index contributed by atoms with van der Waals surface area (Å²) in [6.45, 7) is 2.64. The van der Waals surface area contributed by atoms with E-state index in [2.05, 4.69) is 20.7 Å². The van der Waals surface area contributed by atoms with E-state index in [0.717, 1.165) is 5.56 Å². The number of benzene rings is 2. The first-order chi connectivity index (χ1) is 12.8. The number of hydrogen-bond acceptors (Lipinski definition) is 5. The normalized spacial score (nSPS) is 11.2. The third kappa shape index (κ3) is 5.33. The van der Waals surface area contributed by atoms with Crippen LogP contribution in [0.5, 0.6) is 0 Å². The molecule has 0 atom stereocenters. The molecule has 0 bridgehead atoms. The molecule has 1 heterocycles. The van der Waals surface area contributed by atoms with Gasteiger partial charge in [0.15, 0.2) is 5.11 Å². The van der Waals surface area contributed by atoms with E-state index in [0.29, 0.717) is 18.2 Å². The monoisotopic (exact) mass is 402 g/mol. The van der Waals surface area contributed by atoms with E-state index in [1.807, 2.05) is 31.2 Å². The Hall–Kier alpha value is -2.82. The van der Waals surface area contributed by atoms with Gasteiger partial charge in [-0.3, -0.25) is 5.32 Å². The largest absolute Gasteiger partial charge is 0.332 e. The molecular weight excluding hydrogens is 384 g/mol. The molecule has 0 spiro atoms. The second-order valence-electron chi connectivity index (χ2n) is 5.90. The second-order valence-corrected chi connectivity index (χ2v) is 7.87. The molecule has 10 heteroatoms. The minimum Gasteiger partial charge on any atom is -0.332 e. The van der Waals surface area contributed by atoms with Crippen molar-refractivity contribution >= 4 is 39.0 Å². The molecule has 4 N–H and O–H groups in total. The Labute approximate surface area is 162 Å². The fourth-order valence-corrected chi connectivity index (χ4v) is 3.03. The topological polar surface area (TPSA) is 115 Å². The summed E-state index contributed by atoms with van der Waals surface area (Å²) in [6.07, 6.45) is 1.62. The van der Waals surface area contributed by atoms with Gasteiger partial charge < -0.3 is 5.32 Å². The zero-order valence-corrected chi connectivity index (χ0v) is 16.1. The third-order valence-electron chi connectivity index (χ3n) is 3.67. The van der Waals surface area contributed by atoms with Crippen LogP contribution in [0.15, 0.2) is 59.8 Å². The summed E-state index contributed by atoms with van der Waals surface area (Å²) in [7, 11) is -3.72. The maximum Gasteiger partial charge on any atom is 0.248 e. The van der Waals surface area contributed by atoms with E-state index in [-0.39, 0.29) is 10.0 Å². The Morgan fingerprint density at radius 2 is 1.78 bits per heavy atom. The quantitative estimate of drug-likeness (QED) is 0.560. The standard InChI is InChI=1S/C17H18N6O2S2/c1-12-2-4-13(5-3-12)10-23-11-19-16(22-23)21-17(26)20-14-6-8-15(9-7-14)27(18,24)25/h2-9,11H,10H2,1H3,(H2,18,24,25)(H2,20,21,22,26). The number of aryl methyl sites for hydroxylation is 1. The number of thiocarbonyl (C=S) groups is 1. The van der Waals surface area contributed by atoms with Crippen molar-refractivity contribution in [1.82, 2.24) is 14.8 Å². The van der Waals surface area contributed by atoms with E-state index in [9.17, 15) is 8.42 Å². The molecule has 0 fully saturated rings. The van der Waals surface area contributed by atoms with Crippen molar-refractivity contribution < 1.29 is 8.42 Å².